The van der Waals surface area contributed by atoms with Crippen LogP contribution in [-0.4, -0.2) is 56.3 Å². The molecular formula is C125H192N14O5S+2. The Labute approximate surface area is 884 Å². The van der Waals surface area contributed by atoms with E-state index in [2.05, 4.69) is 347 Å². The molecule has 0 radical (unpaired) electrons. The van der Waals surface area contributed by atoms with Gasteiger partial charge in [-0.2, -0.15) is 36.4 Å². The third kappa shape index (κ3) is 91.3. The van der Waals surface area contributed by atoms with Gasteiger partial charge in [0.05, 0.1) is 29.6 Å². The van der Waals surface area contributed by atoms with E-state index in [4.69, 9.17) is 20.9 Å². The van der Waals surface area contributed by atoms with Crippen molar-refractivity contribution in [2.45, 2.75) is 356 Å². The molecule has 19 nitrogen and oxygen atoms in total. The van der Waals surface area contributed by atoms with Crippen molar-refractivity contribution in [3.63, 3.8) is 0 Å². The monoisotopic (exact) mass is 2000 g/mol. The molecule has 0 saturated heterocycles. The molecule has 13 aromatic rings. The van der Waals surface area contributed by atoms with Crippen LogP contribution in [0.5, 0.6) is 0 Å². The zero-order valence-electron chi connectivity index (χ0n) is 97.9. The summed E-state index contributed by atoms with van der Waals surface area (Å²) in [6, 6.07) is 62.1. The zero-order valence-corrected chi connectivity index (χ0v) is 98.7. The number of H-pyrrole nitrogens is 2. The lowest BCUT2D eigenvalue weighted by Gasteiger charge is -2.18. The van der Waals surface area contributed by atoms with Gasteiger partial charge in [0.2, 0.25) is 24.8 Å². The van der Waals surface area contributed by atoms with Crippen LogP contribution < -0.4 is 18.9 Å². The van der Waals surface area contributed by atoms with Crippen LogP contribution in [0.2, 0.25) is 0 Å². The molecule has 10 aromatic heterocycles. The van der Waals surface area contributed by atoms with Gasteiger partial charge in [0.25, 0.3) is 0 Å². The van der Waals surface area contributed by atoms with Crippen LogP contribution in [0, 0.1) is 71.0 Å². The summed E-state index contributed by atoms with van der Waals surface area (Å²) in [5.41, 5.74) is 16.1. The SMILES string of the molecule is CC(=O)c1ccc(C(C)(C)C)cc1.CC(C)(C)C.CC(C)(C)C.CC(C)(C)C.CC(C)(C)C.CC(C)(C)Cc1ccc[n+](O)c1.CC(C)(C)Cc1cccc[n+]1[O-].CC(C)(C)Cc1cccnc1.CC(C)(C)c1ccc(C#N)cc1.CC(C)(C)c1ccc[n+](O)c1.CC(C)(C)c1cccc(C#N)c1.CC(C)(C)c1cccc[n+]1[O-].CC(C)(C)c1cccnc1.c1c[nH]cn1.c1ccsc1.c1cn[nH]c1.c1cncnc1. The molecule has 3 aromatic carbocycles. The van der Waals surface area contributed by atoms with E-state index < -0.39 is 0 Å². The van der Waals surface area contributed by atoms with Gasteiger partial charge in [-0.25, -0.2) is 15.0 Å². The lowest BCUT2D eigenvalue weighted by atomic mass is 9.86. The van der Waals surface area contributed by atoms with Gasteiger partial charge in [-0.3, -0.25) is 30.3 Å². The van der Waals surface area contributed by atoms with Crippen molar-refractivity contribution in [1.82, 2.24) is 40.1 Å². The van der Waals surface area contributed by atoms with Gasteiger partial charge in [0.15, 0.2) is 29.6 Å². The summed E-state index contributed by atoms with van der Waals surface area (Å²) in [4.78, 5) is 32.9. The first kappa shape index (κ1) is 139. The molecule has 0 atom stereocenters. The number of nitriles is 2. The number of imidazole rings is 1. The summed E-state index contributed by atoms with van der Waals surface area (Å²) >= 11 is 1.71. The minimum absolute atomic E-state index is 0.0665. The van der Waals surface area contributed by atoms with Crippen molar-refractivity contribution >= 4 is 17.1 Å². The Bertz CT molecular complexity index is 5240. The van der Waals surface area contributed by atoms with E-state index in [1.807, 2.05) is 196 Å². The number of carbonyl (C=O) groups excluding carboxylic acids is 1. The normalized spacial score (nSPS) is 11.0. The Morgan fingerprint density at radius 1 is 0.352 bits per heavy atom. The lowest BCUT2D eigenvalue weighted by Crippen LogP contribution is -2.37. The number of carbonyl (C=O) groups is 1. The van der Waals surface area contributed by atoms with E-state index in [0.717, 1.165) is 77.4 Å². The fraction of sp³-hybridized carbons (Fsp3) is 0.480. The average molecular weight is 2000 g/mol. The van der Waals surface area contributed by atoms with E-state index in [-0.39, 0.29) is 49.1 Å². The van der Waals surface area contributed by atoms with Crippen LogP contribution >= 0.6 is 11.3 Å². The van der Waals surface area contributed by atoms with Crippen LogP contribution in [-0.2, 0) is 51.8 Å². The number of thiophene rings is 1. The third-order valence-corrected chi connectivity index (χ3v) is 17.7. The average Bonchev–Trinajstić information content (AvgIpc) is 1.20. The van der Waals surface area contributed by atoms with E-state index >= 15 is 0 Å². The van der Waals surface area contributed by atoms with Crippen LogP contribution in [0.15, 0.2) is 305 Å². The predicted molar refractivity (Wildman–Crippen MR) is 611 cm³/mol. The van der Waals surface area contributed by atoms with Gasteiger partial charge >= 0.3 is 0 Å². The number of pyridine rings is 6. The molecule has 0 spiro atoms. The largest absolute Gasteiger partial charge is 0.619 e. The Hall–Kier alpha value is -12.4. The molecule has 0 aliphatic rings. The first-order valence-electron chi connectivity index (χ1n) is 49.9. The van der Waals surface area contributed by atoms with Crippen LogP contribution in [0.3, 0.4) is 0 Å². The molecule has 0 amide bonds. The number of aromatic nitrogens is 12. The molecule has 0 bridgehead atoms. The van der Waals surface area contributed by atoms with Crippen molar-refractivity contribution in [3.05, 3.63) is 382 Å². The summed E-state index contributed by atoms with van der Waals surface area (Å²) in [6.45, 7) is 94.6. The number of hydrogen-bond donors (Lipinski definition) is 4. The molecule has 13 rings (SSSR count). The second-order valence-electron chi connectivity index (χ2n) is 51.0. The molecule has 0 aliphatic carbocycles. The first-order chi connectivity index (χ1) is 66.1. The van der Waals surface area contributed by atoms with Gasteiger partial charge in [0.1, 0.15) is 6.33 Å². The summed E-state index contributed by atoms with van der Waals surface area (Å²) in [5, 5.41) is 68.2. The molecule has 0 unspecified atom stereocenters. The topological polar surface area (TPSA) is 276 Å². The molecule has 4 N–H and O–H groups in total. The number of rotatable bonds is 4. The maximum absolute atomic E-state index is 11.2. The van der Waals surface area contributed by atoms with E-state index in [1.54, 1.807) is 117 Å². The van der Waals surface area contributed by atoms with Crippen molar-refractivity contribution < 1.29 is 34.1 Å². The zero-order chi connectivity index (χ0) is 113. The molecule has 0 aliphatic heterocycles. The molecule has 145 heavy (non-hydrogen) atoms. The summed E-state index contributed by atoms with van der Waals surface area (Å²) in [5.74, 6) is 0.125. The number of aromatic amines is 2. The fourth-order valence-electron chi connectivity index (χ4n) is 10.4. The van der Waals surface area contributed by atoms with Crippen molar-refractivity contribution in [2.75, 3.05) is 0 Å². The highest BCUT2D eigenvalue weighted by atomic mass is 32.1. The van der Waals surface area contributed by atoms with E-state index in [0.29, 0.717) is 27.1 Å². The Morgan fingerprint density at radius 2 is 0.759 bits per heavy atom. The highest BCUT2D eigenvalue weighted by Crippen LogP contribution is 2.28. The fourth-order valence-corrected chi connectivity index (χ4v) is 10.9. The molecule has 10 heterocycles. The van der Waals surface area contributed by atoms with Gasteiger partial charge < -0.3 is 15.4 Å². The number of Topliss-reactive ketones (excluding diaryl/α,β-unsaturated/α-hetero) is 1. The first-order valence-corrected chi connectivity index (χ1v) is 50.8. The van der Waals surface area contributed by atoms with E-state index in [1.165, 1.54) is 40.3 Å². The number of hydrogen-bond acceptors (Lipinski definition) is 14. The van der Waals surface area contributed by atoms with E-state index in [9.17, 15) is 15.2 Å². The number of ketones is 1. The summed E-state index contributed by atoms with van der Waals surface area (Å²) in [7, 11) is 0. The number of nitrogens with zero attached hydrogens (tertiary/aromatic N) is 12. The maximum Gasteiger partial charge on any atom is 0.225 e. The smallest absolute Gasteiger partial charge is 0.225 e. The highest BCUT2D eigenvalue weighted by molar-refractivity contribution is 7.07. The quantitative estimate of drug-likeness (QED) is 0.0553. The molecule has 796 valence electrons. The Balaban J connectivity index is -0.000000736. The van der Waals surface area contributed by atoms with Crippen LogP contribution in [0.4, 0.5) is 0 Å². The summed E-state index contributed by atoms with van der Waals surface area (Å²) in [6.07, 6.45) is 33.5. The standard InChI is InChI=1S/C12H16O.2C11H13N.C10H16NO.C10H15NO.C10H15N.C9H14NO.C9H13NO.C9H13N.4C5H12.C4H4N2.C4H4S.2C3H4N2/c1-9(13)10-5-7-11(8-6-10)12(2,3)4;1-11(2,3)10-6-4-9(8-12)5-7-10;1-11(2,3)10-6-4-5-9(7-10)8-12;1-10(2,3)7-9-5-4-6-11(12)8-9;1-10(2,3)8-9-6-4-5-7-11(9)12;1-10(2,3)7-9-5-4-6-11-8-9;1-9(2,3)8-5-4-6-10(11)7-8;1-9(2,3)8-6-4-5-7-10(8)11;1-9(2,3)8-5-4-6-10-7-8;4*1-5(2,3)4;1-2-5-4-6-3-1;1-2-4-5-3-1;1-2-5-3-4-1;1-2-4-5-3-1/h5-8H,1-4H3;2*4-7H,1-3H3;4-6,8,12H,7H2,1-3H3;4-7H,8H2,1-3H3;4-6,8H,7H2,1-3H3;4-7,11H,1-3H3;4-7H,1-3H3;4-7H,1-3H3;4*1-4H3;1-4H;1-4H;2*1-3H,(H,4,5)/q;;;+1;;;+1;;;;;;;;;;. The second kappa shape index (κ2) is 68.8. The minimum Gasteiger partial charge on any atom is -0.619 e. The Morgan fingerprint density at radius 3 is 1.05 bits per heavy atom. The van der Waals surface area contributed by atoms with Gasteiger partial charge in [-0.15, -0.1) is 0 Å². The van der Waals surface area contributed by atoms with Gasteiger partial charge in [-0.1, -0.05) is 377 Å². The molecular weight excluding hydrogens is 1810 g/mol. The van der Waals surface area contributed by atoms with Crippen LogP contribution in [0.1, 0.15) is 376 Å². The van der Waals surface area contributed by atoms with Crippen LogP contribution in [0.25, 0.3) is 0 Å². The Kier molecular flexibility index (Phi) is 65.9. The molecule has 0 saturated carbocycles. The van der Waals surface area contributed by atoms with Crippen molar-refractivity contribution in [2.24, 2.45) is 37.9 Å². The maximum atomic E-state index is 11.2. The van der Waals surface area contributed by atoms with Gasteiger partial charge in [0, 0.05) is 136 Å². The van der Waals surface area contributed by atoms with Crippen molar-refractivity contribution in [1.29, 1.82) is 10.5 Å². The summed E-state index contributed by atoms with van der Waals surface area (Å²) < 4.78 is 4.03. The minimum atomic E-state index is -0.0665. The highest BCUT2D eigenvalue weighted by Gasteiger charge is 2.23. The van der Waals surface area contributed by atoms with Gasteiger partial charge in [-0.05, 0) is 190 Å². The molecule has 0 fully saturated rings. The number of nitrogens with one attached hydrogen (secondary N) is 2. The van der Waals surface area contributed by atoms with Crippen molar-refractivity contribution in [3.8, 4) is 12.1 Å². The third-order valence-electron chi connectivity index (χ3n) is 17.0. The second-order valence-corrected chi connectivity index (χ2v) is 51.9. The molecule has 20 heteroatoms. The lowest BCUT2D eigenvalue weighted by molar-refractivity contribution is -0.905. The predicted octanol–water partition coefficient (Wildman–Crippen LogP) is 32.0. The number of benzene rings is 3.